The van der Waals surface area contributed by atoms with Crippen molar-refractivity contribution in [2.24, 2.45) is 0 Å². The lowest BCUT2D eigenvalue weighted by Gasteiger charge is -2.24. The van der Waals surface area contributed by atoms with Crippen LogP contribution in [0.4, 0.5) is 0 Å². The first kappa shape index (κ1) is 11.2. The zero-order chi connectivity index (χ0) is 11.6. The Bertz CT molecular complexity index is 485. The minimum atomic E-state index is -1.10. The molecule has 0 saturated heterocycles. The normalized spacial score (nSPS) is 14.4. The van der Waals surface area contributed by atoms with Crippen LogP contribution in [-0.2, 0) is 5.60 Å². The Morgan fingerprint density at radius 1 is 1.19 bits per heavy atom. The first-order chi connectivity index (χ1) is 7.62. The van der Waals surface area contributed by atoms with Crippen LogP contribution in [0, 0.1) is 0 Å². The smallest absolute Gasteiger partial charge is 0.116 e. The molecule has 1 N–H and O–H groups in total. The van der Waals surface area contributed by atoms with Gasteiger partial charge in [0, 0.05) is 28.0 Å². The molecule has 1 heterocycles. The van der Waals surface area contributed by atoms with Crippen molar-refractivity contribution in [1.29, 1.82) is 0 Å². The summed E-state index contributed by atoms with van der Waals surface area (Å²) in [6.07, 6.45) is 4.68. The second-order valence-electron chi connectivity index (χ2n) is 3.68. The van der Waals surface area contributed by atoms with E-state index in [9.17, 15) is 5.11 Å². The van der Waals surface area contributed by atoms with Crippen molar-refractivity contribution in [1.82, 2.24) is 9.97 Å². The predicted molar refractivity (Wildman–Crippen MR) is 64.8 cm³/mol. The summed E-state index contributed by atoms with van der Waals surface area (Å²) in [7, 11) is 0. The number of halogens is 1. The van der Waals surface area contributed by atoms with Crippen LogP contribution in [0.2, 0.25) is 0 Å². The van der Waals surface area contributed by atoms with Crippen LogP contribution < -0.4 is 0 Å². The predicted octanol–water partition coefficient (Wildman–Crippen LogP) is 2.49. The average molecular weight is 279 g/mol. The molecular formula is C12H11BrN2O. The molecule has 82 valence electrons. The van der Waals surface area contributed by atoms with E-state index in [2.05, 4.69) is 25.9 Å². The number of hydrogen-bond acceptors (Lipinski definition) is 3. The molecule has 1 aromatic heterocycles. The zero-order valence-electron chi connectivity index (χ0n) is 8.76. The molecule has 0 aliphatic heterocycles. The Hall–Kier alpha value is -1.26. The highest BCUT2D eigenvalue weighted by Gasteiger charge is 2.27. The quantitative estimate of drug-likeness (QED) is 0.918. The lowest BCUT2D eigenvalue weighted by atomic mass is 9.90. The molecule has 0 bridgehead atoms. The fourth-order valence-corrected chi connectivity index (χ4v) is 2.23. The Balaban J connectivity index is 2.51. The third-order valence-electron chi connectivity index (χ3n) is 2.52. The van der Waals surface area contributed by atoms with Crippen LogP contribution in [0.1, 0.15) is 18.1 Å². The summed E-state index contributed by atoms with van der Waals surface area (Å²) in [5.41, 5.74) is 0.369. The van der Waals surface area contributed by atoms with Gasteiger partial charge in [-0.3, -0.25) is 0 Å². The molecule has 0 spiro atoms. The van der Waals surface area contributed by atoms with E-state index in [4.69, 9.17) is 0 Å². The first-order valence-corrected chi connectivity index (χ1v) is 5.64. The van der Waals surface area contributed by atoms with E-state index in [1.54, 1.807) is 19.3 Å². The Labute approximate surface area is 102 Å². The lowest BCUT2D eigenvalue weighted by Crippen LogP contribution is -2.23. The number of benzene rings is 1. The molecule has 3 nitrogen and oxygen atoms in total. The molecule has 1 atom stereocenters. The van der Waals surface area contributed by atoms with E-state index in [0.717, 1.165) is 10.0 Å². The highest BCUT2D eigenvalue weighted by molar-refractivity contribution is 9.10. The van der Waals surface area contributed by atoms with Gasteiger partial charge in [-0.1, -0.05) is 34.1 Å². The van der Waals surface area contributed by atoms with Gasteiger partial charge >= 0.3 is 0 Å². The van der Waals surface area contributed by atoms with Crippen molar-refractivity contribution in [2.75, 3.05) is 0 Å². The van der Waals surface area contributed by atoms with E-state index in [1.165, 1.54) is 6.33 Å². The minimum absolute atomic E-state index is 0.668. The average Bonchev–Trinajstić information content (AvgIpc) is 2.30. The molecule has 0 saturated carbocycles. The van der Waals surface area contributed by atoms with Crippen molar-refractivity contribution in [3.8, 4) is 0 Å². The van der Waals surface area contributed by atoms with Gasteiger partial charge in [-0.05, 0) is 13.0 Å². The summed E-state index contributed by atoms with van der Waals surface area (Å²) in [4.78, 5) is 7.84. The van der Waals surface area contributed by atoms with Gasteiger partial charge in [-0.2, -0.15) is 0 Å². The molecule has 0 radical (unpaired) electrons. The number of rotatable bonds is 2. The van der Waals surface area contributed by atoms with Gasteiger partial charge in [0.25, 0.3) is 0 Å². The van der Waals surface area contributed by atoms with Crippen LogP contribution in [-0.4, -0.2) is 15.1 Å². The second kappa shape index (κ2) is 4.31. The number of hydrogen-bond donors (Lipinski definition) is 1. The molecule has 1 aromatic carbocycles. The van der Waals surface area contributed by atoms with Crippen molar-refractivity contribution < 1.29 is 5.11 Å². The van der Waals surface area contributed by atoms with Gasteiger partial charge < -0.3 is 5.11 Å². The maximum Gasteiger partial charge on any atom is 0.116 e. The third kappa shape index (κ3) is 1.99. The maximum absolute atomic E-state index is 10.5. The van der Waals surface area contributed by atoms with E-state index in [-0.39, 0.29) is 0 Å². The van der Waals surface area contributed by atoms with Crippen molar-refractivity contribution in [3.63, 3.8) is 0 Å². The molecular weight excluding hydrogens is 268 g/mol. The molecule has 1 unspecified atom stereocenters. The van der Waals surface area contributed by atoms with Gasteiger partial charge in [-0.25, -0.2) is 9.97 Å². The maximum atomic E-state index is 10.5. The summed E-state index contributed by atoms with van der Waals surface area (Å²) in [6.45, 7) is 1.73. The monoisotopic (exact) mass is 278 g/mol. The summed E-state index contributed by atoms with van der Waals surface area (Å²) in [5.74, 6) is 0. The van der Waals surface area contributed by atoms with Crippen LogP contribution >= 0.6 is 15.9 Å². The molecule has 0 amide bonds. The van der Waals surface area contributed by atoms with Crippen LogP contribution in [0.5, 0.6) is 0 Å². The third-order valence-corrected chi connectivity index (χ3v) is 3.21. The minimum Gasteiger partial charge on any atom is -0.381 e. The summed E-state index contributed by atoms with van der Waals surface area (Å²) in [6, 6.07) is 7.56. The standard InChI is InChI=1S/C12H11BrN2O/c1-12(16,9-6-14-8-15-7-9)10-4-2-3-5-11(10)13/h2-8,16H,1H3. The van der Waals surface area contributed by atoms with Gasteiger partial charge in [0.15, 0.2) is 0 Å². The summed E-state index contributed by atoms with van der Waals surface area (Å²) in [5, 5.41) is 10.5. The van der Waals surface area contributed by atoms with Crippen molar-refractivity contribution >= 4 is 15.9 Å². The number of nitrogens with zero attached hydrogens (tertiary/aromatic N) is 2. The van der Waals surface area contributed by atoms with E-state index in [0.29, 0.717) is 5.56 Å². The van der Waals surface area contributed by atoms with Crippen LogP contribution in [0.25, 0.3) is 0 Å². The molecule has 2 rings (SSSR count). The molecule has 4 heteroatoms. The fraction of sp³-hybridized carbons (Fsp3) is 0.167. The molecule has 0 aliphatic carbocycles. The number of aliphatic hydroxyl groups is 1. The Morgan fingerprint density at radius 3 is 2.44 bits per heavy atom. The molecule has 0 aliphatic rings. The van der Waals surface area contributed by atoms with E-state index < -0.39 is 5.60 Å². The van der Waals surface area contributed by atoms with Crippen LogP contribution in [0.15, 0.2) is 47.5 Å². The van der Waals surface area contributed by atoms with E-state index in [1.807, 2.05) is 24.3 Å². The molecule has 0 fully saturated rings. The molecule has 2 aromatic rings. The largest absolute Gasteiger partial charge is 0.381 e. The SMILES string of the molecule is CC(O)(c1cncnc1)c1ccccc1Br. The van der Waals surface area contributed by atoms with Crippen molar-refractivity contribution in [2.45, 2.75) is 12.5 Å². The highest BCUT2D eigenvalue weighted by Crippen LogP contribution is 2.32. The molecule has 16 heavy (non-hydrogen) atoms. The van der Waals surface area contributed by atoms with Gasteiger partial charge in [0.2, 0.25) is 0 Å². The first-order valence-electron chi connectivity index (χ1n) is 4.85. The topological polar surface area (TPSA) is 46.0 Å². The van der Waals surface area contributed by atoms with Gasteiger partial charge in [-0.15, -0.1) is 0 Å². The van der Waals surface area contributed by atoms with E-state index >= 15 is 0 Å². The summed E-state index contributed by atoms with van der Waals surface area (Å²) >= 11 is 3.43. The summed E-state index contributed by atoms with van der Waals surface area (Å²) < 4.78 is 0.865. The Kier molecular flexibility index (Phi) is 3.03. The second-order valence-corrected chi connectivity index (χ2v) is 4.53. The Morgan fingerprint density at radius 2 is 1.81 bits per heavy atom. The lowest BCUT2D eigenvalue weighted by molar-refractivity contribution is 0.101. The van der Waals surface area contributed by atoms with Crippen LogP contribution in [0.3, 0.4) is 0 Å². The van der Waals surface area contributed by atoms with Gasteiger partial charge in [0.1, 0.15) is 11.9 Å². The highest BCUT2D eigenvalue weighted by atomic mass is 79.9. The zero-order valence-corrected chi connectivity index (χ0v) is 10.3. The fourth-order valence-electron chi connectivity index (χ4n) is 1.56. The van der Waals surface area contributed by atoms with Crippen molar-refractivity contribution in [3.05, 3.63) is 58.6 Å². The van der Waals surface area contributed by atoms with Gasteiger partial charge in [0.05, 0.1) is 0 Å². The number of aromatic nitrogens is 2.